The van der Waals surface area contributed by atoms with Crippen LogP contribution in [0, 0.1) is 0 Å². The minimum absolute atomic E-state index is 0.669. The van der Waals surface area contributed by atoms with Gasteiger partial charge in [-0.05, 0) is 24.3 Å². The highest BCUT2D eigenvalue weighted by Crippen LogP contribution is 2.32. The molecule has 0 aliphatic carbocycles. The fourth-order valence-electron chi connectivity index (χ4n) is 3.58. The molecule has 0 radical (unpaired) electrons. The first-order chi connectivity index (χ1) is 13.3. The first kappa shape index (κ1) is 16.5. The van der Waals surface area contributed by atoms with Gasteiger partial charge in [-0.1, -0.05) is 23.7 Å². The minimum Gasteiger partial charge on any atom is -0.450 e. The molecule has 1 aliphatic rings. The molecular formula is C20H18ClN5O. The molecule has 1 fully saturated rings. The van der Waals surface area contributed by atoms with Crippen LogP contribution in [0.5, 0.6) is 0 Å². The lowest BCUT2D eigenvalue weighted by atomic mass is 10.2. The number of fused-ring (bicyclic) bond motifs is 3. The van der Waals surface area contributed by atoms with Crippen LogP contribution in [0.15, 0.2) is 53.3 Å². The summed E-state index contributed by atoms with van der Waals surface area (Å²) in [5.41, 5.74) is 3.53. The molecule has 1 saturated heterocycles. The molecule has 0 saturated carbocycles. The van der Waals surface area contributed by atoms with Crippen LogP contribution in [0.2, 0.25) is 5.02 Å². The van der Waals surface area contributed by atoms with Gasteiger partial charge in [0.25, 0.3) is 0 Å². The molecule has 0 amide bonds. The molecule has 1 aliphatic heterocycles. The molecule has 136 valence electrons. The third-order valence-electron chi connectivity index (χ3n) is 4.99. The Labute approximate surface area is 161 Å². The molecule has 3 aromatic heterocycles. The van der Waals surface area contributed by atoms with E-state index in [1.165, 1.54) is 0 Å². The number of benzene rings is 1. The molecule has 7 heteroatoms. The van der Waals surface area contributed by atoms with E-state index in [2.05, 4.69) is 24.8 Å². The van der Waals surface area contributed by atoms with Gasteiger partial charge in [0.1, 0.15) is 17.4 Å². The normalized spacial score (nSPS) is 15.7. The van der Waals surface area contributed by atoms with E-state index < -0.39 is 0 Å². The molecule has 1 aromatic carbocycles. The number of para-hydroxylation sites is 1. The predicted octanol–water partition coefficient (Wildman–Crippen LogP) is 3.75. The predicted molar refractivity (Wildman–Crippen MR) is 106 cm³/mol. The summed E-state index contributed by atoms with van der Waals surface area (Å²) < 4.78 is 6.07. The largest absolute Gasteiger partial charge is 0.450 e. The number of pyridine rings is 1. The van der Waals surface area contributed by atoms with E-state index in [0.717, 1.165) is 66.3 Å². The lowest BCUT2D eigenvalue weighted by Crippen LogP contribution is -2.46. The quantitative estimate of drug-likeness (QED) is 0.540. The number of furan rings is 1. The number of anilines is 1. The van der Waals surface area contributed by atoms with Crippen LogP contribution in [0.4, 0.5) is 5.82 Å². The second kappa shape index (κ2) is 6.79. The number of aromatic nitrogens is 3. The summed E-state index contributed by atoms with van der Waals surface area (Å²) in [4.78, 5) is 18.0. The third kappa shape index (κ3) is 3.11. The molecule has 4 aromatic rings. The van der Waals surface area contributed by atoms with Gasteiger partial charge in [-0.3, -0.25) is 9.88 Å². The molecule has 0 spiro atoms. The molecule has 5 rings (SSSR count). The SMILES string of the molecule is Clc1ccc(CN2CCN(c3ncnc4c3oc3ccccc34)CC2)nc1. The highest BCUT2D eigenvalue weighted by Gasteiger charge is 2.22. The van der Waals surface area contributed by atoms with Crippen molar-refractivity contribution in [3.63, 3.8) is 0 Å². The maximum absolute atomic E-state index is 6.07. The first-order valence-electron chi connectivity index (χ1n) is 8.98. The smallest absolute Gasteiger partial charge is 0.196 e. The van der Waals surface area contributed by atoms with Crippen molar-refractivity contribution in [1.29, 1.82) is 0 Å². The van der Waals surface area contributed by atoms with Crippen molar-refractivity contribution in [2.45, 2.75) is 6.54 Å². The van der Waals surface area contributed by atoms with E-state index in [0.29, 0.717) is 5.02 Å². The maximum Gasteiger partial charge on any atom is 0.196 e. The van der Waals surface area contributed by atoms with Gasteiger partial charge in [0, 0.05) is 44.3 Å². The number of hydrogen-bond donors (Lipinski definition) is 0. The van der Waals surface area contributed by atoms with Gasteiger partial charge in [-0.2, -0.15) is 0 Å². The summed E-state index contributed by atoms with van der Waals surface area (Å²) in [7, 11) is 0. The van der Waals surface area contributed by atoms with Crippen molar-refractivity contribution in [1.82, 2.24) is 19.9 Å². The first-order valence-corrected chi connectivity index (χ1v) is 9.36. The van der Waals surface area contributed by atoms with Gasteiger partial charge in [-0.25, -0.2) is 9.97 Å². The fourth-order valence-corrected chi connectivity index (χ4v) is 3.70. The second-order valence-electron chi connectivity index (χ2n) is 6.70. The molecule has 0 unspecified atom stereocenters. The van der Waals surface area contributed by atoms with Crippen molar-refractivity contribution in [3.8, 4) is 0 Å². The van der Waals surface area contributed by atoms with Gasteiger partial charge in [0.05, 0.1) is 10.7 Å². The summed E-state index contributed by atoms with van der Waals surface area (Å²) >= 11 is 5.91. The Hall–Kier alpha value is -2.70. The molecule has 4 heterocycles. The van der Waals surface area contributed by atoms with E-state index in [9.17, 15) is 0 Å². The zero-order chi connectivity index (χ0) is 18.2. The zero-order valence-electron chi connectivity index (χ0n) is 14.7. The van der Waals surface area contributed by atoms with E-state index in [4.69, 9.17) is 16.0 Å². The Balaban J connectivity index is 1.35. The molecular weight excluding hydrogens is 362 g/mol. The standard InChI is InChI=1S/C20H18ClN5O/c21-14-5-6-15(22-11-14)12-25-7-9-26(10-8-25)20-19-18(23-13-24-20)16-3-1-2-4-17(16)27-19/h1-6,11,13H,7-10,12H2. The van der Waals surface area contributed by atoms with Crippen molar-refractivity contribution in [3.05, 3.63) is 59.6 Å². The Bertz CT molecular complexity index is 1090. The van der Waals surface area contributed by atoms with E-state index >= 15 is 0 Å². The molecule has 0 bridgehead atoms. The van der Waals surface area contributed by atoms with Gasteiger partial charge >= 0.3 is 0 Å². The van der Waals surface area contributed by atoms with Gasteiger partial charge < -0.3 is 9.32 Å². The van der Waals surface area contributed by atoms with Crippen LogP contribution in [0.3, 0.4) is 0 Å². The van der Waals surface area contributed by atoms with Crippen molar-refractivity contribution >= 4 is 39.5 Å². The maximum atomic E-state index is 6.07. The topological polar surface area (TPSA) is 58.3 Å². The third-order valence-corrected chi connectivity index (χ3v) is 5.21. The van der Waals surface area contributed by atoms with E-state index in [1.54, 1.807) is 12.5 Å². The van der Waals surface area contributed by atoms with Crippen LogP contribution in [0.1, 0.15) is 5.69 Å². The summed E-state index contributed by atoms with van der Waals surface area (Å²) in [6.07, 6.45) is 3.33. The second-order valence-corrected chi connectivity index (χ2v) is 7.14. The Kier molecular flexibility index (Phi) is 4.14. The van der Waals surface area contributed by atoms with Crippen LogP contribution in [-0.4, -0.2) is 46.0 Å². The number of piperazine rings is 1. The summed E-state index contributed by atoms with van der Waals surface area (Å²) in [6, 6.07) is 11.9. The molecule has 6 nitrogen and oxygen atoms in total. The molecule has 0 N–H and O–H groups in total. The van der Waals surface area contributed by atoms with E-state index in [1.807, 2.05) is 36.4 Å². The lowest BCUT2D eigenvalue weighted by molar-refractivity contribution is 0.246. The Morgan fingerprint density at radius 1 is 0.963 bits per heavy atom. The minimum atomic E-state index is 0.669. The molecule has 27 heavy (non-hydrogen) atoms. The Morgan fingerprint density at radius 2 is 1.81 bits per heavy atom. The average Bonchev–Trinajstić information content (AvgIpc) is 3.09. The van der Waals surface area contributed by atoms with E-state index in [-0.39, 0.29) is 0 Å². The number of rotatable bonds is 3. The number of nitrogens with zero attached hydrogens (tertiary/aromatic N) is 5. The molecule has 0 atom stereocenters. The van der Waals surface area contributed by atoms with Gasteiger partial charge in [0.15, 0.2) is 11.4 Å². The number of halogens is 1. The summed E-state index contributed by atoms with van der Waals surface area (Å²) in [5, 5.41) is 1.70. The van der Waals surface area contributed by atoms with Crippen molar-refractivity contribution < 1.29 is 4.42 Å². The van der Waals surface area contributed by atoms with Crippen LogP contribution in [-0.2, 0) is 6.54 Å². The highest BCUT2D eigenvalue weighted by molar-refractivity contribution is 6.30. The number of hydrogen-bond acceptors (Lipinski definition) is 6. The fraction of sp³-hybridized carbons (Fsp3) is 0.250. The Morgan fingerprint density at radius 3 is 2.63 bits per heavy atom. The average molecular weight is 380 g/mol. The lowest BCUT2D eigenvalue weighted by Gasteiger charge is -2.35. The van der Waals surface area contributed by atoms with Crippen LogP contribution < -0.4 is 4.90 Å². The summed E-state index contributed by atoms with van der Waals surface area (Å²) in [5.74, 6) is 0.875. The van der Waals surface area contributed by atoms with Crippen molar-refractivity contribution in [2.24, 2.45) is 0 Å². The summed E-state index contributed by atoms with van der Waals surface area (Å²) in [6.45, 7) is 4.48. The van der Waals surface area contributed by atoms with Crippen LogP contribution >= 0.6 is 11.6 Å². The monoisotopic (exact) mass is 379 g/mol. The van der Waals surface area contributed by atoms with Crippen molar-refractivity contribution in [2.75, 3.05) is 31.1 Å². The van der Waals surface area contributed by atoms with Crippen LogP contribution in [0.25, 0.3) is 22.1 Å². The van der Waals surface area contributed by atoms with Gasteiger partial charge in [0.2, 0.25) is 0 Å². The zero-order valence-corrected chi connectivity index (χ0v) is 15.4. The van der Waals surface area contributed by atoms with Gasteiger partial charge in [-0.15, -0.1) is 0 Å². The highest BCUT2D eigenvalue weighted by atomic mass is 35.5.